The molecule has 3 heteroatoms. The smallest absolute Gasteiger partial charge is 0.150 e. The Hall–Kier alpha value is -1.22. The average molecular weight is 280 g/mol. The Morgan fingerprint density at radius 1 is 1.38 bits per heavy atom. The summed E-state index contributed by atoms with van der Waals surface area (Å²) < 4.78 is 14.5. The van der Waals surface area contributed by atoms with E-state index in [1.54, 1.807) is 0 Å². The Kier molecular flexibility index (Phi) is 2.80. The largest absolute Gasteiger partial charge is 0.250 e. The maximum Gasteiger partial charge on any atom is 0.150 e. The van der Waals surface area contributed by atoms with Crippen LogP contribution in [0.25, 0.3) is 16.5 Å². The highest BCUT2D eigenvalue weighted by atomic mass is 79.9. The number of nitrogens with zero attached hydrogens (tertiary/aromatic N) is 1. The number of aryl methyl sites for hydroxylation is 1. The number of rotatable bonds is 1. The van der Waals surface area contributed by atoms with E-state index in [2.05, 4.69) is 27.5 Å². The molecular formula is C13H11BrFN. The molecule has 0 atom stereocenters. The Bertz CT molecular complexity index is 590. The summed E-state index contributed by atoms with van der Waals surface area (Å²) in [6, 6.07) is 5.22. The van der Waals surface area contributed by atoms with Crippen LogP contribution in [0.4, 0.5) is 4.39 Å². The number of halogens is 2. The third kappa shape index (κ3) is 1.87. The lowest BCUT2D eigenvalue weighted by Gasteiger charge is -2.08. The van der Waals surface area contributed by atoms with E-state index in [0.29, 0.717) is 9.99 Å². The average Bonchev–Trinajstić information content (AvgIpc) is 2.18. The summed E-state index contributed by atoms with van der Waals surface area (Å²) in [6.07, 6.45) is 0. The van der Waals surface area contributed by atoms with E-state index in [-0.39, 0.29) is 5.82 Å². The molecule has 1 aromatic carbocycles. The zero-order valence-electron chi connectivity index (χ0n) is 9.14. The van der Waals surface area contributed by atoms with Crippen LogP contribution < -0.4 is 0 Å². The summed E-state index contributed by atoms with van der Waals surface area (Å²) in [6.45, 7) is 7.67. The van der Waals surface area contributed by atoms with E-state index in [9.17, 15) is 4.39 Å². The first-order valence-corrected chi connectivity index (χ1v) is 5.70. The summed E-state index contributed by atoms with van der Waals surface area (Å²) in [4.78, 5) is 4.22. The normalized spacial score (nSPS) is 10.8. The van der Waals surface area contributed by atoms with Crippen molar-refractivity contribution in [2.45, 2.75) is 13.8 Å². The summed E-state index contributed by atoms with van der Waals surface area (Å²) >= 11 is 3.29. The summed E-state index contributed by atoms with van der Waals surface area (Å²) in [5.74, 6) is -0.310. The van der Waals surface area contributed by atoms with E-state index in [4.69, 9.17) is 0 Å². The first-order chi connectivity index (χ1) is 7.49. The molecule has 0 aliphatic carbocycles. The molecule has 0 saturated carbocycles. The standard InChI is InChI=1S/C13H11BrFN/c1-7(2)10-4-8(3)16-13-11(10)5-9(14)6-12(13)15/h4-6H,1H2,2-3H3. The van der Waals surface area contributed by atoms with Crippen molar-refractivity contribution < 1.29 is 4.39 Å². The van der Waals surface area contributed by atoms with E-state index < -0.39 is 0 Å². The number of hydrogen-bond acceptors (Lipinski definition) is 1. The van der Waals surface area contributed by atoms with E-state index in [0.717, 1.165) is 22.2 Å². The fraction of sp³-hybridized carbons (Fsp3) is 0.154. The van der Waals surface area contributed by atoms with Gasteiger partial charge in [0.15, 0.2) is 5.82 Å². The van der Waals surface area contributed by atoms with Gasteiger partial charge in [0.2, 0.25) is 0 Å². The van der Waals surface area contributed by atoms with Crippen molar-refractivity contribution in [2.24, 2.45) is 0 Å². The lowest BCUT2D eigenvalue weighted by molar-refractivity contribution is 0.635. The van der Waals surface area contributed by atoms with Crippen LogP contribution in [0.2, 0.25) is 0 Å². The Morgan fingerprint density at radius 2 is 2.06 bits per heavy atom. The first-order valence-electron chi connectivity index (χ1n) is 4.91. The zero-order chi connectivity index (χ0) is 11.9. The lowest BCUT2D eigenvalue weighted by Crippen LogP contribution is -1.93. The van der Waals surface area contributed by atoms with Gasteiger partial charge in [-0.05, 0) is 37.6 Å². The fourth-order valence-electron chi connectivity index (χ4n) is 1.73. The van der Waals surface area contributed by atoms with Gasteiger partial charge in [-0.25, -0.2) is 4.39 Å². The first kappa shape index (κ1) is 11.3. The maximum absolute atomic E-state index is 13.7. The fourth-order valence-corrected chi connectivity index (χ4v) is 2.16. The summed E-state index contributed by atoms with van der Waals surface area (Å²) in [5.41, 5.74) is 3.06. The Labute approximate surface area is 102 Å². The van der Waals surface area contributed by atoms with Crippen molar-refractivity contribution in [3.63, 3.8) is 0 Å². The van der Waals surface area contributed by atoms with Gasteiger partial charge in [-0.1, -0.05) is 28.1 Å². The lowest BCUT2D eigenvalue weighted by atomic mass is 10.0. The van der Waals surface area contributed by atoms with Crippen LogP contribution in [0, 0.1) is 12.7 Å². The molecule has 0 aliphatic heterocycles. The van der Waals surface area contributed by atoms with Gasteiger partial charge in [0.25, 0.3) is 0 Å². The third-order valence-electron chi connectivity index (χ3n) is 2.42. The second-order valence-corrected chi connectivity index (χ2v) is 4.79. The number of benzene rings is 1. The van der Waals surface area contributed by atoms with E-state index >= 15 is 0 Å². The molecule has 0 N–H and O–H groups in total. The minimum Gasteiger partial charge on any atom is -0.250 e. The van der Waals surface area contributed by atoms with Crippen molar-refractivity contribution >= 4 is 32.4 Å². The van der Waals surface area contributed by atoms with Gasteiger partial charge in [-0.2, -0.15) is 0 Å². The third-order valence-corrected chi connectivity index (χ3v) is 2.88. The van der Waals surface area contributed by atoms with Gasteiger partial charge >= 0.3 is 0 Å². The van der Waals surface area contributed by atoms with E-state index in [1.807, 2.05) is 26.0 Å². The van der Waals surface area contributed by atoms with Crippen LogP contribution >= 0.6 is 15.9 Å². The number of fused-ring (bicyclic) bond motifs is 1. The highest BCUT2D eigenvalue weighted by Gasteiger charge is 2.09. The SMILES string of the molecule is C=C(C)c1cc(C)nc2c(F)cc(Br)cc12. The minimum absolute atomic E-state index is 0.310. The predicted octanol–water partition coefficient (Wildman–Crippen LogP) is 4.48. The Morgan fingerprint density at radius 3 is 2.69 bits per heavy atom. The molecule has 0 fully saturated rings. The maximum atomic E-state index is 13.7. The van der Waals surface area contributed by atoms with Crippen molar-refractivity contribution in [2.75, 3.05) is 0 Å². The number of allylic oxidation sites excluding steroid dienone is 1. The number of hydrogen-bond donors (Lipinski definition) is 0. The van der Waals surface area contributed by atoms with Gasteiger partial charge in [0.05, 0.1) is 0 Å². The van der Waals surface area contributed by atoms with Crippen molar-refractivity contribution in [1.82, 2.24) is 4.98 Å². The van der Waals surface area contributed by atoms with Gasteiger partial charge in [-0.3, -0.25) is 4.98 Å². The monoisotopic (exact) mass is 279 g/mol. The van der Waals surface area contributed by atoms with Crippen LogP contribution in [0.1, 0.15) is 18.2 Å². The molecule has 0 radical (unpaired) electrons. The minimum atomic E-state index is -0.310. The molecule has 16 heavy (non-hydrogen) atoms. The molecule has 0 aliphatic rings. The van der Waals surface area contributed by atoms with Gasteiger partial charge in [0, 0.05) is 15.6 Å². The van der Waals surface area contributed by atoms with E-state index in [1.165, 1.54) is 6.07 Å². The van der Waals surface area contributed by atoms with Crippen molar-refractivity contribution in [3.05, 3.63) is 46.3 Å². The Balaban J connectivity index is 2.95. The molecule has 0 unspecified atom stereocenters. The number of aromatic nitrogens is 1. The van der Waals surface area contributed by atoms with Crippen LogP contribution in [-0.4, -0.2) is 4.98 Å². The van der Waals surface area contributed by atoms with Crippen LogP contribution in [0.15, 0.2) is 29.3 Å². The van der Waals surface area contributed by atoms with Crippen LogP contribution in [0.5, 0.6) is 0 Å². The summed E-state index contributed by atoms with van der Waals surface area (Å²) in [5, 5.41) is 0.796. The highest BCUT2D eigenvalue weighted by Crippen LogP contribution is 2.28. The molecule has 2 aromatic rings. The topological polar surface area (TPSA) is 12.9 Å². The van der Waals surface area contributed by atoms with Crippen LogP contribution in [0.3, 0.4) is 0 Å². The molecule has 1 aromatic heterocycles. The van der Waals surface area contributed by atoms with Gasteiger partial charge in [0.1, 0.15) is 5.52 Å². The zero-order valence-corrected chi connectivity index (χ0v) is 10.7. The van der Waals surface area contributed by atoms with Crippen LogP contribution in [-0.2, 0) is 0 Å². The second-order valence-electron chi connectivity index (χ2n) is 3.88. The molecule has 0 spiro atoms. The summed E-state index contributed by atoms with van der Waals surface area (Å²) in [7, 11) is 0. The van der Waals surface area contributed by atoms with Crippen molar-refractivity contribution in [3.8, 4) is 0 Å². The van der Waals surface area contributed by atoms with Crippen molar-refractivity contribution in [1.29, 1.82) is 0 Å². The molecule has 0 saturated heterocycles. The highest BCUT2D eigenvalue weighted by molar-refractivity contribution is 9.10. The molecule has 0 amide bonds. The molecule has 1 nitrogen and oxygen atoms in total. The second kappa shape index (κ2) is 3.98. The van der Waals surface area contributed by atoms with Gasteiger partial charge in [-0.15, -0.1) is 0 Å². The molecule has 2 rings (SSSR count). The van der Waals surface area contributed by atoms with Gasteiger partial charge < -0.3 is 0 Å². The molecular weight excluding hydrogens is 269 g/mol. The quantitative estimate of drug-likeness (QED) is 0.750. The molecule has 82 valence electrons. The molecule has 1 heterocycles. The predicted molar refractivity (Wildman–Crippen MR) is 68.8 cm³/mol. The number of pyridine rings is 1. The molecule has 0 bridgehead atoms.